The van der Waals surface area contributed by atoms with Crippen LogP contribution in [-0.2, 0) is 11.3 Å². The quantitative estimate of drug-likeness (QED) is 0.378. The first-order valence-corrected chi connectivity index (χ1v) is 7.62. The van der Waals surface area contributed by atoms with Crippen LogP contribution in [0.25, 0.3) is 5.65 Å². The molecule has 0 aliphatic rings. The number of alkyl halides is 1. The number of carbonyl (C=O) groups excluding carboxylic acids is 1. The number of aromatic nitrogens is 5. The van der Waals surface area contributed by atoms with Crippen LogP contribution >= 0.6 is 11.6 Å². The zero-order chi connectivity index (χ0) is 17.7. The van der Waals surface area contributed by atoms with Gasteiger partial charge in [-0.1, -0.05) is 5.21 Å². The molecule has 0 radical (unpaired) electrons. The van der Waals surface area contributed by atoms with Gasteiger partial charge in [-0.3, -0.25) is 9.59 Å². The Labute approximate surface area is 140 Å². The minimum absolute atomic E-state index is 0.0329. The fourth-order valence-electron chi connectivity index (χ4n) is 1.95. The number of carbonyl (C=O) groups is 2. The van der Waals surface area contributed by atoms with Gasteiger partial charge in [0.15, 0.2) is 11.3 Å². The number of halogens is 1. The van der Waals surface area contributed by atoms with E-state index in [-0.39, 0.29) is 36.7 Å². The summed E-state index contributed by atoms with van der Waals surface area (Å²) in [4.78, 5) is 38.6. The van der Waals surface area contributed by atoms with Crippen LogP contribution in [0.4, 0.5) is 0 Å². The summed E-state index contributed by atoms with van der Waals surface area (Å²) in [5.74, 6) is -1.43. The van der Waals surface area contributed by atoms with Crippen molar-refractivity contribution in [2.45, 2.75) is 25.4 Å². The predicted molar refractivity (Wildman–Crippen MR) is 82.9 cm³/mol. The molecule has 1 amide bonds. The van der Waals surface area contributed by atoms with Crippen molar-refractivity contribution in [1.29, 1.82) is 0 Å². The maximum Gasteiger partial charge on any atom is 0.353 e. The minimum Gasteiger partial charge on any atom is -0.480 e. The summed E-state index contributed by atoms with van der Waals surface area (Å²) in [5.41, 5.74) is 4.86. The summed E-state index contributed by atoms with van der Waals surface area (Å²) in [6.07, 6.45) is 1.80. The van der Waals surface area contributed by atoms with E-state index in [2.05, 4.69) is 20.6 Å². The van der Waals surface area contributed by atoms with E-state index in [9.17, 15) is 14.4 Å². The summed E-state index contributed by atoms with van der Waals surface area (Å²) in [7, 11) is 0. The van der Waals surface area contributed by atoms with Crippen molar-refractivity contribution >= 4 is 29.1 Å². The number of nitrogens with two attached hydrogens (primary N) is 1. The average molecular weight is 358 g/mol. The molecule has 1 atom stereocenters. The fourth-order valence-corrected chi connectivity index (χ4v) is 2.11. The third-order valence-corrected chi connectivity index (χ3v) is 3.39. The third kappa shape index (κ3) is 3.86. The first kappa shape index (κ1) is 17.8. The first-order chi connectivity index (χ1) is 11.5. The van der Waals surface area contributed by atoms with Gasteiger partial charge in [-0.2, -0.15) is 4.68 Å². The number of hydrogen-bond acceptors (Lipinski definition) is 7. The molecule has 130 valence electrons. The van der Waals surface area contributed by atoms with Crippen LogP contribution in [0.1, 0.15) is 23.3 Å². The summed E-state index contributed by atoms with van der Waals surface area (Å²) in [5, 5.41) is 18.8. The standard InChI is InChI=1S/C12H16ClN7O4/c13-3-5-20-12(24)19-6-16-8(9(19)17-18-20)10(21)15-4-1-2-7(14)11(22)23/h6-7H,1-5,14H2,(H,15,21)(H,22,23). The highest BCUT2D eigenvalue weighted by Crippen LogP contribution is 2.03. The number of nitrogens with one attached hydrogen (secondary N) is 1. The van der Waals surface area contributed by atoms with E-state index in [4.69, 9.17) is 22.4 Å². The number of hydrogen-bond donors (Lipinski definition) is 3. The number of amides is 1. The maximum atomic E-state index is 12.1. The van der Waals surface area contributed by atoms with Crippen LogP contribution in [0.5, 0.6) is 0 Å². The monoisotopic (exact) mass is 357 g/mol. The molecule has 0 aliphatic carbocycles. The Morgan fingerprint density at radius 1 is 1.46 bits per heavy atom. The number of imidazole rings is 1. The smallest absolute Gasteiger partial charge is 0.353 e. The fraction of sp³-hybridized carbons (Fsp3) is 0.500. The molecule has 0 bridgehead atoms. The highest BCUT2D eigenvalue weighted by molar-refractivity contribution is 6.17. The number of nitrogens with zero attached hydrogens (tertiary/aromatic N) is 5. The molecule has 0 fully saturated rings. The van der Waals surface area contributed by atoms with Crippen LogP contribution in [0.2, 0.25) is 0 Å². The lowest BCUT2D eigenvalue weighted by Gasteiger charge is -2.06. The molecule has 2 aromatic heterocycles. The van der Waals surface area contributed by atoms with Gasteiger partial charge in [0.2, 0.25) is 0 Å². The topological polar surface area (TPSA) is 157 Å². The molecule has 2 aromatic rings. The van der Waals surface area contributed by atoms with Crippen molar-refractivity contribution < 1.29 is 14.7 Å². The molecular formula is C12H16ClN7O4. The summed E-state index contributed by atoms with van der Waals surface area (Å²) >= 11 is 5.57. The van der Waals surface area contributed by atoms with Crippen LogP contribution < -0.4 is 16.7 Å². The average Bonchev–Trinajstić information content (AvgIpc) is 2.98. The molecule has 12 heteroatoms. The molecule has 0 saturated heterocycles. The second kappa shape index (κ2) is 7.84. The van der Waals surface area contributed by atoms with E-state index < -0.39 is 23.6 Å². The SMILES string of the molecule is NC(CCCNC(=O)c1ncn2c(=O)n(CCCl)nnc12)C(=O)O. The van der Waals surface area contributed by atoms with Crippen molar-refractivity contribution in [2.75, 3.05) is 12.4 Å². The van der Waals surface area contributed by atoms with Crippen molar-refractivity contribution in [1.82, 2.24) is 29.7 Å². The third-order valence-electron chi connectivity index (χ3n) is 3.22. The van der Waals surface area contributed by atoms with Crippen LogP contribution in [0.3, 0.4) is 0 Å². The number of rotatable bonds is 8. The van der Waals surface area contributed by atoms with Gasteiger partial charge in [0.25, 0.3) is 5.91 Å². The molecule has 2 heterocycles. The Morgan fingerprint density at radius 2 is 2.21 bits per heavy atom. The molecule has 0 spiro atoms. The van der Waals surface area contributed by atoms with Gasteiger partial charge in [0.05, 0.1) is 6.54 Å². The highest BCUT2D eigenvalue weighted by atomic mass is 35.5. The Bertz CT molecular complexity index is 802. The lowest BCUT2D eigenvalue weighted by molar-refractivity contribution is -0.138. The first-order valence-electron chi connectivity index (χ1n) is 7.09. The zero-order valence-electron chi connectivity index (χ0n) is 12.6. The van der Waals surface area contributed by atoms with Gasteiger partial charge < -0.3 is 16.2 Å². The Kier molecular flexibility index (Phi) is 5.82. The van der Waals surface area contributed by atoms with Gasteiger partial charge in [0.1, 0.15) is 12.4 Å². The van der Waals surface area contributed by atoms with E-state index in [1.165, 1.54) is 6.33 Å². The Morgan fingerprint density at radius 3 is 2.88 bits per heavy atom. The summed E-state index contributed by atoms with van der Waals surface area (Å²) in [6.45, 7) is 0.405. The van der Waals surface area contributed by atoms with Crippen molar-refractivity contribution in [3.8, 4) is 0 Å². The lowest BCUT2D eigenvalue weighted by atomic mass is 10.2. The number of aliphatic carboxylic acids is 1. The zero-order valence-corrected chi connectivity index (χ0v) is 13.3. The van der Waals surface area contributed by atoms with E-state index in [1.807, 2.05) is 0 Å². The van der Waals surface area contributed by atoms with Gasteiger partial charge in [-0.25, -0.2) is 14.2 Å². The summed E-state index contributed by atoms with van der Waals surface area (Å²) < 4.78 is 2.17. The van der Waals surface area contributed by atoms with Crippen LogP contribution in [0.15, 0.2) is 11.1 Å². The maximum absolute atomic E-state index is 12.1. The Balaban J connectivity index is 2.04. The molecule has 4 N–H and O–H groups in total. The summed E-state index contributed by atoms with van der Waals surface area (Å²) in [6, 6.07) is -0.971. The van der Waals surface area contributed by atoms with E-state index in [0.717, 1.165) is 9.08 Å². The molecule has 1 unspecified atom stereocenters. The van der Waals surface area contributed by atoms with E-state index in [0.29, 0.717) is 6.42 Å². The second-order valence-corrected chi connectivity index (χ2v) is 5.29. The lowest BCUT2D eigenvalue weighted by Crippen LogP contribution is -2.32. The molecule has 0 saturated carbocycles. The van der Waals surface area contributed by atoms with Crippen molar-refractivity contribution in [3.63, 3.8) is 0 Å². The van der Waals surface area contributed by atoms with Crippen molar-refractivity contribution in [3.05, 3.63) is 22.5 Å². The van der Waals surface area contributed by atoms with E-state index >= 15 is 0 Å². The Hall–Kier alpha value is -2.53. The van der Waals surface area contributed by atoms with E-state index in [1.54, 1.807) is 0 Å². The molecule has 0 aliphatic heterocycles. The minimum atomic E-state index is -1.09. The van der Waals surface area contributed by atoms with Crippen molar-refractivity contribution in [2.24, 2.45) is 5.73 Å². The van der Waals surface area contributed by atoms with Crippen LogP contribution in [-0.4, -0.2) is 59.8 Å². The number of fused-ring (bicyclic) bond motifs is 1. The predicted octanol–water partition coefficient (Wildman–Crippen LogP) is -1.55. The number of carboxylic acids is 1. The number of carboxylic acid groups (broad SMARTS) is 1. The molecule has 2 rings (SSSR count). The molecular weight excluding hydrogens is 342 g/mol. The van der Waals surface area contributed by atoms with Gasteiger partial charge in [-0.05, 0) is 12.8 Å². The van der Waals surface area contributed by atoms with Gasteiger partial charge in [0, 0.05) is 12.4 Å². The molecule has 11 nitrogen and oxygen atoms in total. The number of aryl methyl sites for hydroxylation is 1. The van der Waals surface area contributed by atoms with Gasteiger partial charge >= 0.3 is 11.7 Å². The van der Waals surface area contributed by atoms with Crippen LogP contribution in [0, 0.1) is 0 Å². The molecule has 24 heavy (non-hydrogen) atoms. The van der Waals surface area contributed by atoms with Gasteiger partial charge in [-0.15, -0.1) is 16.7 Å². The molecule has 0 aromatic carbocycles. The largest absolute Gasteiger partial charge is 0.480 e. The highest BCUT2D eigenvalue weighted by Gasteiger charge is 2.17. The normalized spacial score (nSPS) is 12.2. The second-order valence-electron chi connectivity index (χ2n) is 4.91.